The quantitative estimate of drug-likeness (QED) is 0.465. The topological polar surface area (TPSA) is 114 Å². The summed E-state index contributed by atoms with van der Waals surface area (Å²) in [6, 6.07) is 8.28. The zero-order valence-electron chi connectivity index (χ0n) is 13.1. The number of amides is 1. The van der Waals surface area contributed by atoms with Crippen molar-refractivity contribution < 1.29 is 19.6 Å². The summed E-state index contributed by atoms with van der Waals surface area (Å²) in [5.41, 5.74) is 2.53. The molecule has 0 saturated heterocycles. The number of hydrogen-bond donors (Lipinski definition) is 2. The second kappa shape index (κ2) is 8.11. The molecule has 0 spiro atoms. The molecular formula is C16H14ClN3O5. The number of rotatable bonds is 6. The maximum Gasteiger partial charge on any atom is 0.288 e. The highest BCUT2D eigenvalue weighted by Crippen LogP contribution is 2.26. The molecule has 0 fully saturated rings. The highest BCUT2D eigenvalue weighted by atomic mass is 35.5. The van der Waals surface area contributed by atoms with Crippen molar-refractivity contribution in [2.45, 2.75) is 6.92 Å². The summed E-state index contributed by atoms with van der Waals surface area (Å²) in [4.78, 5) is 22.2. The van der Waals surface area contributed by atoms with Gasteiger partial charge in [0.2, 0.25) is 0 Å². The van der Waals surface area contributed by atoms with E-state index in [0.29, 0.717) is 17.9 Å². The molecule has 2 N–H and O–H groups in total. The van der Waals surface area contributed by atoms with Gasteiger partial charge in [0, 0.05) is 11.6 Å². The Bertz CT molecular complexity index is 839. The minimum absolute atomic E-state index is 0.00323. The van der Waals surface area contributed by atoms with Crippen LogP contribution >= 0.6 is 11.6 Å². The van der Waals surface area contributed by atoms with Crippen molar-refractivity contribution in [1.29, 1.82) is 0 Å². The van der Waals surface area contributed by atoms with E-state index in [1.165, 1.54) is 24.4 Å². The van der Waals surface area contributed by atoms with Crippen molar-refractivity contribution >= 4 is 29.4 Å². The number of phenols is 1. The van der Waals surface area contributed by atoms with Crippen LogP contribution in [0.4, 0.5) is 5.69 Å². The van der Waals surface area contributed by atoms with Crippen molar-refractivity contribution in [2.24, 2.45) is 5.10 Å². The number of nitro groups is 1. The number of ether oxygens (including phenoxy) is 1. The summed E-state index contributed by atoms with van der Waals surface area (Å²) in [5.74, 6) is -0.331. The fourth-order valence-electron chi connectivity index (χ4n) is 1.91. The normalized spacial score (nSPS) is 10.6. The third-order valence-electron chi connectivity index (χ3n) is 3.07. The van der Waals surface area contributed by atoms with Gasteiger partial charge in [-0.3, -0.25) is 14.9 Å². The van der Waals surface area contributed by atoms with E-state index >= 15 is 0 Å². The minimum Gasteiger partial charge on any atom is -0.504 e. The summed E-state index contributed by atoms with van der Waals surface area (Å²) in [6.07, 6.45) is 1.35. The highest BCUT2D eigenvalue weighted by molar-refractivity contribution is 6.32. The fourth-order valence-corrected chi connectivity index (χ4v) is 2.09. The SMILES string of the molecule is CCOc1cc(C=NNC(=O)c2ccc(Cl)c([N+](=O)[O-])c2)ccc1O. The number of carbonyl (C=O) groups excluding carboxylic acids is 1. The van der Waals surface area contributed by atoms with Gasteiger partial charge in [0.1, 0.15) is 5.02 Å². The lowest BCUT2D eigenvalue weighted by molar-refractivity contribution is -0.384. The summed E-state index contributed by atoms with van der Waals surface area (Å²) in [6.45, 7) is 2.17. The number of hydrazone groups is 1. The predicted molar refractivity (Wildman–Crippen MR) is 92.4 cm³/mol. The predicted octanol–water partition coefficient (Wildman–Crippen LogP) is 3.12. The van der Waals surface area contributed by atoms with Crippen LogP contribution in [0.5, 0.6) is 11.5 Å². The molecule has 0 aromatic heterocycles. The van der Waals surface area contributed by atoms with Gasteiger partial charge in [0.15, 0.2) is 11.5 Å². The van der Waals surface area contributed by atoms with E-state index in [1.54, 1.807) is 19.1 Å². The minimum atomic E-state index is -0.673. The first-order chi connectivity index (χ1) is 11.9. The molecule has 2 aromatic rings. The third kappa shape index (κ3) is 4.67. The van der Waals surface area contributed by atoms with E-state index < -0.39 is 10.8 Å². The number of nitrogens with zero attached hydrogens (tertiary/aromatic N) is 2. The van der Waals surface area contributed by atoms with Crippen LogP contribution in [0.1, 0.15) is 22.8 Å². The Labute approximate surface area is 147 Å². The van der Waals surface area contributed by atoms with Gasteiger partial charge in [-0.2, -0.15) is 5.10 Å². The molecule has 0 unspecified atom stereocenters. The Morgan fingerprint density at radius 1 is 1.40 bits per heavy atom. The van der Waals surface area contributed by atoms with E-state index in [2.05, 4.69) is 10.5 Å². The average Bonchev–Trinajstić information content (AvgIpc) is 2.58. The largest absolute Gasteiger partial charge is 0.504 e. The number of aromatic hydroxyl groups is 1. The molecule has 0 saturated carbocycles. The molecule has 0 bridgehead atoms. The Kier molecular flexibility index (Phi) is 5.91. The lowest BCUT2D eigenvalue weighted by atomic mass is 10.2. The number of halogens is 1. The number of carbonyl (C=O) groups is 1. The van der Waals surface area contributed by atoms with Crippen molar-refractivity contribution in [3.63, 3.8) is 0 Å². The van der Waals surface area contributed by atoms with E-state index in [-0.39, 0.29) is 22.0 Å². The molecule has 0 radical (unpaired) electrons. The third-order valence-corrected chi connectivity index (χ3v) is 3.39. The Morgan fingerprint density at radius 2 is 2.16 bits per heavy atom. The maximum atomic E-state index is 12.0. The zero-order chi connectivity index (χ0) is 18.4. The Hall–Kier alpha value is -3.13. The van der Waals surface area contributed by atoms with Gasteiger partial charge in [-0.05, 0) is 42.8 Å². The van der Waals surface area contributed by atoms with Gasteiger partial charge in [-0.25, -0.2) is 5.43 Å². The Morgan fingerprint density at radius 3 is 2.84 bits per heavy atom. The summed E-state index contributed by atoms with van der Waals surface area (Å²) >= 11 is 5.70. The van der Waals surface area contributed by atoms with Crippen LogP contribution in [0.25, 0.3) is 0 Å². The molecule has 2 aromatic carbocycles. The molecule has 0 aliphatic rings. The highest BCUT2D eigenvalue weighted by Gasteiger charge is 2.15. The van der Waals surface area contributed by atoms with Crippen LogP contribution < -0.4 is 10.2 Å². The molecule has 0 heterocycles. The molecule has 0 aliphatic heterocycles. The zero-order valence-corrected chi connectivity index (χ0v) is 13.9. The van der Waals surface area contributed by atoms with Crippen molar-refractivity contribution in [3.8, 4) is 11.5 Å². The lowest BCUT2D eigenvalue weighted by Crippen LogP contribution is -2.17. The monoisotopic (exact) mass is 363 g/mol. The molecule has 1 amide bonds. The van der Waals surface area contributed by atoms with Crippen LogP contribution in [0, 0.1) is 10.1 Å². The van der Waals surface area contributed by atoms with Crippen LogP contribution in [-0.4, -0.2) is 28.8 Å². The van der Waals surface area contributed by atoms with Gasteiger partial charge < -0.3 is 9.84 Å². The fraction of sp³-hybridized carbons (Fsp3) is 0.125. The van der Waals surface area contributed by atoms with Crippen molar-refractivity contribution in [3.05, 3.63) is 62.7 Å². The number of phenolic OH excluding ortho intramolecular Hbond substituents is 1. The lowest BCUT2D eigenvalue weighted by Gasteiger charge is -2.06. The van der Waals surface area contributed by atoms with E-state index in [1.807, 2.05) is 0 Å². The molecule has 0 aliphatic carbocycles. The van der Waals surface area contributed by atoms with Gasteiger partial charge in [0.05, 0.1) is 17.7 Å². The number of nitrogens with one attached hydrogen (secondary N) is 1. The molecule has 130 valence electrons. The van der Waals surface area contributed by atoms with Crippen LogP contribution in [0.2, 0.25) is 5.02 Å². The van der Waals surface area contributed by atoms with Crippen LogP contribution in [0.3, 0.4) is 0 Å². The standard InChI is InChI=1S/C16H14ClN3O5/c1-2-25-15-7-10(3-6-14(15)21)9-18-19-16(22)11-4-5-12(17)13(8-11)20(23)24/h3-9,21H,2H2,1H3,(H,19,22). The number of nitro benzene ring substituents is 1. The van der Waals surface area contributed by atoms with Gasteiger partial charge in [0.25, 0.3) is 11.6 Å². The molecular weight excluding hydrogens is 350 g/mol. The van der Waals surface area contributed by atoms with E-state index in [4.69, 9.17) is 16.3 Å². The summed E-state index contributed by atoms with van der Waals surface area (Å²) < 4.78 is 5.25. The summed E-state index contributed by atoms with van der Waals surface area (Å²) in [7, 11) is 0. The first kappa shape index (κ1) is 18.2. The second-order valence-corrected chi connectivity index (χ2v) is 5.19. The van der Waals surface area contributed by atoms with Gasteiger partial charge in [-0.1, -0.05) is 11.6 Å². The molecule has 9 heteroatoms. The van der Waals surface area contributed by atoms with Gasteiger partial charge >= 0.3 is 0 Å². The molecule has 2 rings (SSSR count). The second-order valence-electron chi connectivity index (χ2n) is 4.78. The van der Waals surface area contributed by atoms with Crippen LogP contribution in [-0.2, 0) is 0 Å². The van der Waals surface area contributed by atoms with E-state index in [0.717, 1.165) is 6.07 Å². The first-order valence-electron chi connectivity index (χ1n) is 7.15. The Balaban J connectivity index is 2.09. The molecule has 8 nitrogen and oxygen atoms in total. The van der Waals surface area contributed by atoms with Crippen molar-refractivity contribution in [2.75, 3.05) is 6.61 Å². The van der Waals surface area contributed by atoms with Crippen LogP contribution in [0.15, 0.2) is 41.5 Å². The summed E-state index contributed by atoms with van der Waals surface area (Å²) in [5, 5.41) is 24.2. The molecule has 25 heavy (non-hydrogen) atoms. The van der Waals surface area contributed by atoms with E-state index in [9.17, 15) is 20.0 Å². The molecule has 0 atom stereocenters. The van der Waals surface area contributed by atoms with Gasteiger partial charge in [-0.15, -0.1) is 0 Å². The average molecular weight is 364 g/mol. The number of benzene rings is 2. The maximum absolute atomic E-state index is 12.0. The smallest absolute Gasteiger partial charge is 0.288 e. The van der Waals surface area contributed by atoms with Crippen molar-refractivity contribution in [1.82, 2.24) is 5.43 Å². The first-order valence-corrected chi connectivity index (χ1v) is 7.53. The number of hydrogen-bond acceptors (Lipinski definition) is 6.